The molecule has 0 radical (unpaired) electrons. The number of carbonyl (C=O) groups is 1. The largest absolute Gasteiger partial charge is 0.467 e. The molecule has 0 aliphatic carbocycles. The summed E-state index contributed by atoms with van der Waals surface area (Å²) >= 11 is 1.45. The predicted octanol–water partition coefficient (Wildman–Crippen LogP) is 3.74. The highest BCUT2D eigenvalue weighted by Gasteiger charge is 2.30. The number of ether oxygens (including phenoxy) is 1. The zero-order chi connectivity index (χ0) is 20.9. The van der Waals surface area contributed by atoms with Gasteiger partial charge in [-0.1, -0.05) is 55.9 Å². The van der Waals surface area contributed by atoms with Crippen molar-refractivity contribution < 1.29 is 13.9 Å². The molecule has 0 saturated carbocycles. The second-order valence-corrected chi connectivity index (χ2v) is 8.58. The molecule has 1 aromatic carbocycles. The maximum atomic E-state index is 13.4. The molecule has 30 heavy (non-hydrogen) atoms. The normalized spacial score (nSPS) is 15.5. The smallest absolute Gasteiger partial charge is 0.240 e. The van der Waals surface area contributed by atoms with Gasteiger partial charge in [-0.2, -0.15) is 0 Å². The van der Waals surface area contributed by atoms with E-state index in [2.05, 4.69) is 28.6 Å². The summed E-state index contributed by atoms with van der Waals surface area (Å²) in [5.74, 6) is 1.98. The molecule has 3 aromatic rings. The molecular formula is C22H26N4O3S. The second kappa shape index (κ2) is 9.49. The van der Waals surface area contributed by atoms with Crippen molar-refractivity contribution in [3.63, 3.8) is 0 Å². The Labute approximate surface area is 180 Å². The van der Waals surface area contributed by atoms with Crippen molar-refractivity contribution in [1.29, 1.82) is 0 Å². The lowest BCUT2D eigenvalue weighted by atomic mass is 10.1. The third-order valence-corrected chi connectivity index (χ3v) is 6.25. The fourth-order valence-electron chi connectivity index (χ4n) is 3.47. The van der Waals surface area contributed by atoms with Crippen LogP contribution in [0.25, 0.3) is 0 Å². The van der Waals surface area contributed by atoms with Crippen molar-refractivity contribution >= 4 is 17.7 Å². The van der Waals surface area contributed by atoms with E-state index < -0.39 is 5.25 Å². The van der Waals surface area contributed by atoms with Crippen molar-refractivity contribution in [2.45, 2.75) is 36.7 Å². The average Bonchev–Trinajstić information content (AvgIpc) is 3.43. The lowest BCUT2D eigenvalue weighted by Gasteiger charge is -2.30. The number of furan rings is 1. The molecule has 0 spiro atoms. The molecule has 1 aliphatic rings. The first-order chi connectivity index (χ1) is 14.6. The first kappa shape index (κ1) is 20.7. The number of aromatic nitrogens is 3. The number of amides is 1. The lowest BCUT2D eigenvalue weighted by molar-refractivity contribution is -0.134. The summed E-state index contributed by atoms with van der Waals surface area (Å²) < 4.78 is 13.0. The number of morpholine rings is 1. The fourth-order valence-corrected chi connectivity index (χ4v) is 4.59. The van der Waals surface area contributed by atoms with Crippen molar-refractivity contribution in [3.8, 4) is 0 Å². The van der Waals surface area contributed by atoms with E-state index in [1.54, 1.807) is 6.26 Å². The summed E-state index contributed by atoms with van der Waals surface area (Å²) in [6, 6.07) is 13.7. The van der Waals surface area contributed by atoms with Crippen LogP contribution in [0.5, 0.6) is 0 Å². The van der Waals surface area contributed by atoms with Crippen LogP contribution in [0.1, 0.15) is 42.2 Å². The van der Waals surface area contributed by atoms with Crippen LogP contribution in [-0.2, 0) is 16.1 Å². The SMILES string of the molecule is CC(C)c1nnc(SC(C(=O)N2CCOCC2)c2ccccc2)n1Cc1ccco1. The van der Waals surface area contributed by atoms with Gasteiger partial charge in [0.1, 0.15) is 16.8 Å². The Hall–Kier alpha value is -2.58. The molecule has 8 heteroatoms. The van der Waals surface area contributed by atoms with E-state index in [9.17, 15) is 4.79 Å². The van der Waals surface area contributed by atoms with Gasteiger partial charge < -0.3 is 14.1 Å². The third kappa shape index (κ3) is 4.60. The Balaban J connectivity index is 1.66. The van der Waals surface area contributed by atoms with Crippen molar-refractivity contribution in [3.05, 3.63) is 65.9 Å². The highest BCUT2D eigenvalue weighted by Crippen LogP contribution is 2.37. The molecule has 1 fully saturated rings. The second-order valence-electron chi connectivity index (χ2n) is 7.51. The maximum absolute atomic E-state index is 13.4. The first-order valence-electron chi connectivity index (χ1n) is 10.2. The topological polar surface area (TPSA) is 73.4 Å². The summed E-state index contributed by atoms with van der Waals surface area (Å²) in [5.41, 5.74) is 0.956. The van der Waals surface area contributed by atoms with Crippen LogP contribution in [0.2, 0.25) is 0 Å². The van der Waals surface area contributed by atoms with Gasteiger partial charge in [0.2, 0.25) is 5.91 Å². The minimum absolute atomic E-state index is 0.0770. The Morgan fingerprint density at radius 3 is 2.53 bits per heavy atom. The molecule has 158 valence electrons. The van der Waals surface area contributed by atoms with Gasteiger partial charge in [0, 0.05) is 19.0 Å². The van der Waals surface area contributed by atoms with Crippen molar-refractivity contribution in [1.82, 2.24) is 19.7 Å². The standard InChI is InChI=1S/C22H26N4O3S/c1-16(2)20-23-24-22(26(20)15-18-9-6-12-29-18)30-19(17-7-4-3-5-8-17)21(27)25-10-13-28-14-11-25/h3-9,12,16,19H,10-11,13-15H2,1-2H3. The van der Waals surface area contributed by atoms with Crippen molar-refractivity contribution in [2.75, 3.05) is 26.3 Å². The van der Waals surface area contributed by atoms with Crippen LogP contribution < -0.4 is 0 Å². The Morgan fingerprint density at radius 2 is 1.87 bits per heavy atom. The fraction of sp³-hybridized carbons (Fsp3) is 0.409. The first-order valence-corrected chi connectivity index (χ1v) is 11.0. The number of benzene rings is 1. The van der Waals surface area contributed by atoms with Crippen LogP contribution in [0.4, 0.5) is 0 Å². The maximum Gasteiger partial charge on any atom is 0.240 e. The Morgan fingerprint density at radius 1 is 1.10 bits per heavy atom. The Kier molecular flexibility index (Phi) is 6.54. The molecule has 1 amide bonds. The van der Waals surface area contributed by atoms with E-state index in [-0.39, 0.29) is 11.8 Å². The van der Waals surface area contributed by atoms with Crippen LogP contribution in [-0.4, -0.2) is 51.9 Å². The molecule has 1 aliphatic heterocycles. The molecule has 2 aromatic heterocycles. The molecule has 1 atom stereocenters. The third-order valence-electron chi connectivity index (χ3n) is 5.03. The number of thioether (sulfide) groups is 1. The molecule has 1 unspecified atom stereocenters. The van der Waals surface area contributed by atoms with Gasteiger partial charge in [-0.25, -0.2) is 0 Å². The minimum atomic E-state index is -0.399. The number of rotatable bonds is 7. The van der Waals surface area contributed by atoms with E-state index in [4.69, 9.17) is 9.15 Å². The van der Waals surface area contributed by atoms with E-state index in [1.165, 1.54) is 11.8 Å². The molecule has 0 bridgehead atoms. The summed E-state index contributed by atoms with van der Waals surface area (Å²) in [5, 5.41) is 9.18. The van der Waals surface area contributed by atoms with Gasteiger partial charge in [0.15, 0.2) is 5.16 Å². The van der Waals surface area contributed by atoms with E-state index in [1.807, 2.05) is 47.4 Å². The minimum Gasteiger partial charge on any atom is -0.467 e. The highest BCUT2D eigenvalue weighted by molar-refractivity contribution is 8.00. The van der Waals surface area contributed by atoms with Crippen LogP contribution >= 0.6 is 11.8 Å². The lowest BCUT2D eigenvalue weighted by Crippen LogP contribution is -2.42. The van der Waals surface area contributed by atoms with E-state index in [0.29, 0.717) is 38.0 Å². The van der Waals surface area contributed by atoms with Gasteiger partial charge in [-0.3, -0.25) is 9.36 Å². The van der Waals surface area contributed by atoms with Crippen LogP contribution in [0.3, 0.4) is 0 Å². The zero-order valence-corrected chi connectivity index (χ0v) is 18.0. The average molecular weight is 427 g/mol. The number of hydrogen-bond donors (Lipinski definition) is 0. The van der Waals surface area contributed by atoms with E-state index >= 15 is 0 Å². The van der Waals surface area contributed by atoms with Gasteiger partial charge in [0.25, 0.3) is 0 Å². The van der Waals surface area contributed by atoms with Crippen molar-refractivity contribution in [2.24, 2.45) is 0 Å². The quantitative estimate of drug-likeness (QED) is 0.536. The van der Waals surface area contributed by atoms with Gasteiger partial charge in [-0.05, 0) is 17.7 Å². The monoisotopic (exact) mass is 426 g/mol. The summed E-state index contributed by atoms with van der Waals surface area (Å²) in [6.07, 6.45) is 1.66. The van der Waals surface area contributed by atoms with Gasteiger partial charge in [-0.15, -0.1) is 10.2 Å². The molecule has 7 nitrogen and oxygen atoms in total. The molecule has 1 saturated heterocycles. The number of hydrogen-bond acceptors (Lipinski definition) is 6. The van der Waals surface area contributed by atoms with Crippen LogP contribution in [0.15, 0.2) is 58.3 Å². The number of nitrogens with zero attached hydrogens (tertiary/aromatic N) is 4. The highest BCUT2D eigenvalue weighted by atomic mass is 32.2. The Bertz CT molecular complexity index is 950. The summed E-state index contributed by atoms with van der Waals surface area (Å²) in [7, 11) is 0. The molecule has 4 rings (SSSR count). The van der Waals surface area contributed by atoms with Gasteiger partial charge in [0.05, 0.1) is 26.0 Å². The summed E-state index contributed by atoms with van der Waals surface area (Å²) in [6.45, 7) is 7.07. The van der Waals surface area contributed by atoms with Gasteiger partial charge >= 0.3 is 0 Å². The molecular weight excluding hydrogens is 400 g/mol. The van der Waals surface area contributed by atoms with E-state index in [0.717, 1.165) is 17.1 Å². The predicted molar refractivity (Wildman–Crippen MR) is 114 cm³/mol. The zero-order valence-electron chi connectivity index (χ0n) is 17.2. The van der Waals surface area contributed by atoms with Crippen LogP contribution in [0, 0.1) is 0 Å². The summed E-state index contributed by atoms with van der Waals surface area (Å²) in [4.78, 5) is 15.3. The number of carbonyl (C=O) groups excluding carboxylic acids is 1. The molecule has 3 heterocycles. The molecule has 0 N–H and O–H groups in total.